The maximum absolute atomic E-state index is 10.5. The second kappa shape index (κ2) is 5.29. The van der Waals surface area contributed by atoms with E-state index < -0.39 is 5.97 Å². The number of hydrogen-bond donors (Lipinski definition) is 1. The fourth-order valence-corrected chi connectivity index (χ4v) is 2.61. The van der Waals surface area contributed by atoms with Crippen molar-refractivity contribution in [3.63, 3.8) is 0 Å². The van der Waals surface area contributed by atoms with Gasteiger partial charge in [0.15, 0.2) is 5.13 Å². The van der Waals surface area contributed by atoms with Crippen molar-refractivity contribution in [3.05, 3.63) is 16.6 Å². The van der Waals surface area contributed by atoms with E-state index in [1.54, 1.807) is 6.08 Å². The van der Waals surface area contributed by atoms with Crippen LogP contribution in [0.2, 0.25) is 0 Å². The number of thiazole rings is 1. The monoisotopic (exact) mass is 254 g/mol. The minimum atomic E-state index is -0.939. The van der Waals surface area contributed by atoms with Crippen LogP contribution in [0.4, 0.5) is 5.13 Å². The van der Waals surface area contributed by atoms with Gasteiger partial charge in [0, 0.05) is 19.2 Å². The molecule has 0 unspecified atom stereocenters. The molecule has 2 rings (SSSR count). The fourth-order valence-electron chi connectivity index (χ4n) is 1.59. The van der Waals surface area contributed by atoms with Crippen LogP contribution in [0.1, 0.15) is 10.6 Å². The molecule has 0 aliphatic carbocycles. The number of carboxylic acid groups (broad SMARTS) is 1. The molecule has 0 bridgehead atoms. The minimum Gasteiger partial charge on any atom is -0.478 e. The highest BCUT2D eigenvalue weighted by molar-refractivity contribution is 7.16. The SMILES string of the molecule is Cc1nc(N2CCOCC2)sc1/C=C/C(=O)O. The van der Waals surface area contributed by atoms with Crippen molar-refractivity contribution in [2.75, 3.05) is 31.2 Å². The number of hydrogen-bond acceptors (Lipinski definition) is 5. The number of carbonyl (C=O) groups is 1. The van der Waals surface area contributed by atoms with Crippen LogP contribution < -0.4 is 4.90 Å². The van der Waals surface area contributed by atoms with Gasteiger partial charge in [-0.25, -0.2) is 9.78 Å². The van der Waals surface area contributed by atoms with Crippen molar-refractivity contribution >= 4 is 28.5 Å². The van der Waals surface area contributed by atoms with Gasteiger partial charge >= 0.3 is 5.97 Å². The van der Waals surface area contributed by atoms with E-state index in [1.807, 2.05) is 6.92 Å². The third-order valence-electron chi connectivity index (χ3n) is 2.48. The average Bonchev–Trinajstić information content (AvgIpc) is 2.69. The van der Waals surface area contributed by atoms with Gasteiger partial charge in [0.25, 0.3) is 0 Å². The Kier molecular flexibility index (Phi) is 3.75. The molecule has 1 aliphatic heterocycles. The summed E-state index contributed by atoms with van der Waals surface area (Å²) < 4.78 is 5.28. The van der Waals surface area contributed by atoms with Crippen LogP contribution in [0.15, 0.2) is 6.08 Å². The summed E-state index contributed by atoms with van der Waals surface area (Å²) in [7, 11) is 0. The zero-order chi connectivity index (χ0) is 12.3. The molecule has 5 nitrogen and oxygen atoms in total. The molecule has 0 amide bonds. The third kappa shape index (κ3) is 3.04. The van der Waals surface area contributed by atoms with Crippen LogP contribution in [0, 0.1) is 6.92 Å². The molecule has 1 aromatic heterocycles. The number of anilines is 1. The van der Waals surface area contributed by atoms with E-state index >= 15 is 0 Å². The predicted octanol–water partition coefficient (Wildman–Crippen LogP) is 1.39. The first-order valence-corrected chi connectivity index (χ1v) is 6.19. The van der Waals surface area contributed by atoms with E-state index in [1.165, 1.54) is 11.3 Å². The van der Waals surface area contributed by atoms with E-state index in [0.717, 1.165) is 48.1 Å². The Morgan fingerprint density at radius 2 is 2.24 bits per heavy atom. The quantitative estimate of drug-likeness (QED) is 0.826. The van der Waals surface area contributed by atoms with Crippen molar-refractivity contribution < 1.29 is 14.6 Å². The molecular formula is C11H14N2O3S. The Morgan fingerprint density at radius 3 is 2.88 bits per heavy atom. The fraction of sp³-hybridized carbons (Fsp3) is 0.455. The van der Waals surface area contributed by atoms with Crippen LogP contribution in [0.3, 0.4) is 0 Å². The highest BCUT2D eigenvalue weighted by Crippen LogP contribution is 2.27. The highest BCUT2D eigenvalue weighted by Gasteiger charge is 2.15. The van der Waals surface area contributed by atoms with Crippen LogP contribution in [-0.4, -0.2) is 42.4 Å². The maximum atomic E-state index is 10.5. The normalized spacial score (nSPS) is 16.6. The summed E-state index contributed by atoms with van der Waals surface area (Å²) in [5.74, 6) is -0.939. The van der Waals surface area contributed by atoms with Crippen molar-refractivity contribution in [2.45, 2.75) is 6.92 Å². The lowest BCUT2D eigenvalue weighted by molar-refractivity contribution is -0.131. The first-order valence-electron chi connectivity index (χ1n) is 5.38. The number of ether oxygens (including phenoxy) is 1. The zero-order valence-corrected chi connectivity index (χ0v) is 10.4. The molecule has 0 spiro atoms. The van der Waals surface area contributed by atoms with Gasteiger partial charge in [-0.3, -0.25) is 0 Å². The number of rotatable bonds is 3. The second-order valence-electron chi connectivity index (χ2n) is 3.72. The molecule has 1 N–H and O–H groups in total. The van der Waals surface area contributed by atoms with Crippen molar-refractivity contribution in [3.8, 4) is 0 Å². The van der Waals surface area contributed by atoms with Crippen molar-refractivity contribution in [1.82, 2.24) is 4.98 Å². The molecule has 2 heterocycles. The van der Waals surface area contributed by atoms with Crippen molar-refractivity contribution in [2.24, 2.45) is 0 Å². The number of aryl methyl sites for hydroxylation is 1. The van der Waals surface area contributed by atoms with E-state index in [9.17, 15) is 4.79 Å². The Balaban J connectivity index is 2.14. The standard InChI is InChI=1S/C11H14N2O3S/c1-8-9(2-3-10(14)15)17-11(12-8)13-4-6-16-7-5-13/h2-3H,4-7H2,1H3,(H,14,15)/b3-2+. The second-order valence-corrected chi connectivity index (χ2v) is 4.73. The van der Waals surface area contributed by atoms with Crippen LogP contribution in [0.25, 0.3) is 6.08 Å². The molecule has 1 aliphatic rings. The third-order valence-corrected chi connectivity index (χ3v) is 3.66. The summed E-state index contributed by atoms with van der Waals surface area (Å²) in [5.41, 5.74) is 0.869. The lowest BCUT2D eigenvalue weighted by Crippen LogP contribution is -2.36. The average molecular weight is 254 g/mol. The van der Waals surface area contributed by atoms with E-state index in [-0.39, 0.29) is 0 Å². The molecule has 17 heavy (non-hydrogen) atoms. The molecule has 6 heteroatoms. The van der Waals surface area contributed by atoms with Gasteiger partial charge < -0.3 is 14.7 Å². The number of morpholine rings is 1. The van der Waals surface area contributed by atoms with Gasteiger partial charge in [-0.2, -0.15) is 0 Å². The molecule has 1 saturated heterocycles. The highest BCUT2D eigenvalue weighted by atomic mass is 32.1. The summed E-state index contributed by atoms with van der Waals surface area (Å²) in [6, 6.07) is 0. The van der Waals surface area contributed by atoms with Gasteiger partial charge in [-0.05, 0) is 13.0 Å². The van der Waals surface area contributed by atoms with Gasteiger partial charge in [0.2, 0.25) is 0 Å². The summed E-state index contributed by atoms with van der Waals surface area (Å²) in [4.78, 5) is 18.0. The lowest BCUT2D eigenvalue weighted by Gasteiger charge is -2.25. The molecule has 92 valence electrons. The van der Waals surface area contributed by atoms with Crippen molar-refractivity contribution in [1.29, 1.82) is 0 Å². The molecule has 1 fully saturated rings. The van der Waals surface area contributed by atoms with Crippen LogP contribution in [-0.2, 0) is 9.53 Å². The number of aromatic nitrogens is 1. The topological polar surface area (TPSA) is 62.7 Å². The Hall–Kier alpha value is -1.40. The van der Waals surface area contributed by atoms with Gasteiger partial charge in [0.05, 0.1) is 23.8 Å². The summed E-state index contributed by atoms with van der Waals surface area (Å²) in [6.07, 6.45) is 2.74. The largest absolute Gasteiger partial charge is 0.478 e. The van der Waals surface area contributed by atoms with E-state index in [4.69, 9.17) is 9.84 Å². The first kappa shape index (κ1) is 12.1. The Labute approximate surface area is 103 Å². The lowest BCUT2D eigenvalue weighted by atomic mass is 10.3. The summed E-state index contributed by atoms with van der Waals surface area (Å²) in [6.45, 7) is 5.02. The molecular weight excluding hydrogens is 240 g/mol. The number of carboxylic acids is 1. The Bertz CT molecular complexity index is 436. The predicted molar refractivity (Wildman–Crippen MR) is 66.6 cm³/mol. The molecule has 0 aromatic carbocycles. The smallest absolute Gasteiger partial charge is 0.328 e. The van der Waals surface area contributed by atoms with Crippen LogP contribution >= 0.6 is 11.3 Å². The molecule has 0 radical (unpaired) electrons. The summed E-state index contributed by atoms with van der Waals surface area (Å²) in [5, 5.41) is 9.53. The van der Waals surface area contributed by atoms with E-state index in [2.05, 4.69) is 9.88 Å². The number of nitrogens with zero attached hydrogens (tertiary/aromatic N) is 2. The van der Waals surface area contributed by atoms with Gasteiger partial charge in [0.1, 0.15) is 0 Å². The first-order chi connectivity index (χ1) is 8.16. The zero-order valence-electron chi connectivity index (χ0n) is 9.55. The summed E-state index contributed by atoms with van der Waals surface area (Å²) >= 11 is 1.52. The molecule has 1 aromatic rings. The van der Waals surface area contributed by atoms with Gasteiger partial charge in [-0.15, -0.1) is 0 Å². The molecule has 0 saturated carbocycles. The minimum absolute atomic E-state index is 0.721. The van der Waals surface area contributed by atoms with E-state index in [0.29, 0.717) is 0 Å². The Morgan fingerprint density at radius 1 is 1.53 bits per heavy atom. The van der Waals surface area contributed by atoms with Crippen LogP contribution in [0.5, 0.6) is 0 Å². The maximum Gasteiger partial charge on any atom is 0.328 e. The van der Waals surface area contributed by atoms with Gasteiger partial charge in [-0.1, -0.05) is 11.3 Å². The molecule has 0 atom stereocenters. The number of aliphatic carboxylic acids is 1.